The minimum Gasteiger partial charge on any atom is -0.494 e. The summed E-state index contributed by atoms with van der Waals surface area (Å²) in [5.41, 5.74) is 1.03. The fraction of sp³-hybridized carbons (Fsp3) is 0.267. The Morgan fingerprint density at radius 1 is 1.26 bits per heavy atom. The second kappa shape index (κ2) is 7.00. The first-order chi connectivity index (χ1) is 9.25. The van der Waals surface area contributed by atoms with Crippen LogP contribution < -0.4 is 10.1 Å². The summed E-state index contributed by atoms with van der Waals surface area (Å²) in [5, 5.41) is 4.01. The average Bonchev–Trinajstić information content (AvgIpc) is 2.43. The highest BCUT2D eigenvalue weighted by molar-refractivity contribution is 6.31. The van der Waals surface area contributed by atoms with Crippen LogP contribution in [0.3, 0.4) is 0 Å². The topological polar surface area (TPSA) is 34.1 Å². The van der Waals surface area contributed by atoms with E-state index in [4.69, 9.17) is 16.3 Å². The molecule has 1 heterocycles. The average molecular weight is 277 g/mol. The Kier molecular flexibility index (Phi) is 5.04. The highest BCUT2D eigenvalue weighted by Crippen LogP contribution is 2.21. The zero-order chi connectivity index (χ0) is 13.5. The quantitative estimate of drug-likeness (QED) is 0.812. The van der Waals surface area contributed by atoms with E-state index in [-0.39, 0.29) is 0 Å². The lowest BCUT2D eigenvalue weighted by Gasteiger charge is -2.08. The van der Waals surface area contributed by atoms with Gasteiger partial charge in [-0.05, 0) is 49.2 Å². The van der Waals surface area contributed by atoms with E-state index in [0.717, 1.165) is 35.1 Å². The lowest BCUT2D eigenvalue weighted by molar-refractivity contribution is 0.315. The van der Waals surface area contributed by atoms with E-state index in [0.29, 0.717) is 6.61 Å². The van der Waals surface area contributed by atoms with Crippen molar-refractivity contribution in [1.82, 2.24) is 4.98 Å². The van der Waals surface area contributed by atoms with Gasteiger partial charge in [0.25, 0.3) is 0 Å². The molecule has 0 atom stereocenters. The van der Waals surface area contributed by atoms with E-state index in [2.05, 4.69) is 10.3 Å². The Balaban J connectivity index is 1.68. The molecule has 0 unspecified atom stereocenters. The molecule has 0 aliphatic rings. The van der Waals surface area contributed by atoms with Crippen LogP contribution in [0.2, 0.25) is 5.02 Å². The number of benzene rings is 1. The van der Waals surface area contributed by atoms with E-state index in [1.165, 1.54) is 0 Å². The van der Waals surface area contributed by atoms with Gasteiger partial charge in [-0.25, -0.2) is 4.98 Å². The Bertz CT molecular complexity index is 517. The molecule has 2 rings (SSSR count). The molecule has 0 saturated heterocycles. The highest BCUT2D eigenvalue weighted by atomic mass is 35.5. The number of nitrogens with zero attached hydrogens (tertiary/aromatic N) is 1. The van der Waals surface area contributed by atoms with Gasteiger partial charge < -0.3 is 10.1 Å². The van der Waals surface area contributed by atoms with Crippen LogP contribution in [0, 0.1) is 6.92 Å². The first kappa shape index (κ1) is 13.7. The molecule has 0 amide bonds. The van der Waals surface area contributed by atoms with Gasteiger partial charge in [0.05, 0.1) is 6.61 Å². The number of pyridine rings is 1. The van der Waals surface area contributed by atoms with Crippen molar-refractivity contribution >= 4 is 17.4 Å². The number of rotatable bonds is 6. The van der Waals surface area contributed by atoms with Crippen molar-refractivity contribution in [3.8, 4) is 5.75 Å². The van der Waals surface area contributed by atoms with Gasteiger partial charge in [0.15, 0.2) is 0 Å². The van der Waals surface area contributed by atoms with Crippen molar-refractivity contribution in [1.29, 1.82) is 0 Å². The first-order valence-corrected chi connectivity index (χ1v) is 6.67. The van der Waals surface area contributed by atoms with Gasteiger partial charge in [-0.3, -0.25) is 0 Å². The van der Waals surface area contributed by atoms with E-state index in [1.54, 1.807) is 6.20 Å². The van der Waals surface area contributed by atoms with Crippen molar-refractivity contribution in [2.24, 2.45) is 0 Å². The maximum atomic E-state index is 5.96. The van der Waals surface area contributed by atoms with E-state index >= 15 is 0 Å². The summed E-state index contributed by atoms with van der Waals surface area (Å²) < 4.78 is 5.66. The summed E-state index contributed by atoms with van der Waals surface area (Å²) >= 11 is 5.96. The number of hydrogen-bond donors (Lipinski definition) is 1. The van der Waals surface area contributed by atoms with Crippen LogP contribution in [-0.4, -0.2) is 18.1 Å². The molecule has 19 heavy (non-hydrogen) atoms. The smallest absolute Gasteiger partial charge is 0.125 e. The number of aromatic nitrogens is 1. The molecule has 4 heteroatoms. The SMILES string of the molecule is Cc1cc(OCCCNc2ccccn2)ccc1Cl. The van der Waals surface area contributed by atoms with Gasteiger partial charge in [0.1, 0.15) is 11.6 Å². The van der Waals surface area contributed by atoms with Crippen molar-refractivity contribution in [2.45, 2.75) is 13.3 Å². The number of aryl methyl sites for hydroxylation is 1. The number of anilines is 1. The molecule has 0 aliphatic heterocycles. The maximum Gasteiger partial charge on any atom is 0.125 e. The molecule has 0 spiro atoms. The molecule has 0 bridgehead atoms. The van der Waals surface area contributed by atoms with E-state index in [1.807, 2.05) is 43.3 Å². The van der Waals surface area contributed by atoms with Gasteiger partial charge in [-0.2, -0.15) is 0 Å². The molecule has 0 saturated carbocycles. The number of halogens is 1. The fourth-order valence-corrected chi connectivity index (χ4v) is 1.77. The second-order valence-corrected chi connectivity index (χ2v) is 4.66. The minimum atomic E-state index is 0.668. The first-order valence-electron chi connectivity index (χ1n) is 6.29. The Morgan fingerprint density at radius 3 is 2.89 bits per heavy atom. The van der Waals surface area contributed by atoms with Gasteiger partial charge in [-0.15, -0.1) is 0 Å². The summed E-state index contributed by atoms with van der Waals surface area (Å²) in [4.78, 5) is 4.19. The summed E-state index contributed by atoms with van der Waals surface area (Å²) in [6, 6.07) is 11.5. The lowest BCUT2D eigenvalue weighted by Crippen LogP contribution is -2.08. The van der Waals surface area contributed by atoms with Crippen LogP contribution >= 0.6 is 11.6 Å². The number of hydrogen-bond acceptors (Lipinski definition) is 3. The molecule has 0 radical (unpaired) electrons. The fourth-order valence-electron chi connectivity index (χ4n) is 1.65. The summed E-state index contributed by atoms with van der Waals surface area (Å²) in [6.45, 7) is 3.47. The van der Waals surface area contributed by atoms with Gasteiger partial charge in [0, 0.05) is 17.8 Å². The van der Waals surface area contributed by atoms with Crippen molar-refractivity contribution in [3.05, 3.63) is 53.2 Å². The predicted octanol–water partition coefficient (Wildman–Crippen LogP) is 3.92. The third kappa shape index (κ3) is 4.45. The van der Waals surface area contributed by atoms with E-state index in [9.17, 15) is 0 Å². The summed E-state index contributed by atoms with van der Waals surface area (Å²) in [7, 11) is 0. The van der Waals surface area contributed by atoms with Crippen LogP contribution in [0.1, 0.15) is 12.0 Å². The zero-order valence-corrected chi connectivity index (χ0v) is 11.7. The largest absolute Gasteiger partial charge is 0.494 e. The van der Waals surface area contributed by atoms with Gasteiger partial charge in [0.2, 0.25) is 0 Å². The number of nitrogens with one attached hydrogen (secondary N) is 1. The summed E-state index contributed by atoms with van der Waals surface area (Å²) in [5.74, 6) is 1.75. The van der Waals surface area contributed by atoms with Crippen LogP contribution in [0.15, 0.2) is 42.6 Å². The molecule has 0 fully saturated rings. The monoisotopic (exact) mass is 276 g/mol. The van der Waals surface area contributed by atoms with Gasteiger partial charge >= 0.3 is 0 Å². The molecule has 3 nitrogen and oxygen atoms in total. The Hall–Kier alpha value is -1.74. The molecule has 0 aliphatic carbocycles. The highest BCUT2D eigenvalue weighted by Gasteiger charge is 1.98. The minimum absolute atomic E-state index is 0.668. The van der Waals surface area contributed by atoms with Crippen molar-refractivity contribution in [3.63, 3.8) is 0 Å². The molecule has 2 aromatic rings. The molecule has 1 aromatic heterocycles. The lowest BCUT2D eigenvalue weighted by atomic mass is 10.2. The molecular weight excluding hydrogens is 260 g/mol. The second-order valence-electron chi connectivity index (χ2n) is 4.25. The molecule has 1 aromatic carbocycles. The normalized spacial score (nSPS) is 10.2. The summed E-state index contributed by atoms with van der Waals surface area (Å²) in [6.07, 6.45) is 2.69. The third-order valence-electron chi connectivity index (χ3n) is 2.69. The molecule has 100 valence electrons. The predicted molar refractivity (Wildman–Crippen MR) is 79.0 cm³/mol. The van der Waals surface area contributed by atoms with Crippen molar-refractivity contribution < 1.29 is 4.74 Å². The van der Waals surface area contributed by atoms with Crippen molar-refractivity contribution in [2.75, 3.05) is 18.5 Å². The van der Waals surface area contributed by atoms with Crippen LogP contribution in [0.25, 0.3) is 0 Å². The van der Waals surface area contributed by atoms with Crippen LogP contribution in [-0.2, 0) is 0 Å². The van der Waals surface area contributed by atoms with Crippen LogP contribution in [0.4, 0.5) is 5.82 Å². The Labute approximate surface area is 118 Å². The van der Waals surface area contributed by atoms with E-state index < -0.39 is 0 Å². The third-order valence-corrected chi connectivity index (χ3v) is 3.11. The molecular formula is C15H17ClN2O. The zero-order valence-electron chi connectivity index (χ0n) is 10.9. The van der Waals surface area contributed by atoms with Gasteiger partial charge in [-0.1, -0.05) is 17.7 Å². The Morgan fingerprint density at radius 2 is 2.16 bits per heavy atom. The maximum absolute atomic E-state index is 5.96. The number of ether oxygens (including phenoxy) is 1. The molecule has 1 N–H and O–H groups in total. The van der Waals surface area contributed by atoms with Crippen LogP contribution in [0.5, 0.6) is 5.75 Å². The standard InChI is InChI=1S/C15H17ClN2O/c1-12-11-13(6-7-14(12)16)19-10-4-9-18-15-5-2-3-8-17-15/h2-3,5-8,11H,4,9-10H2,1H3,(H,17,18).